The van der Waals surface area contributed by atoms with Crippen LogP contribution in [0, 0.1) is 19.8 Å². The topological polar surface area (TPSA) is 75.6 Å². The predicted octanol–water partition coefficient (Wildman–Crippen LogP) is 0.942. The van der Waals surface area contributed by atoms with Gasteiger partial charge in [0, 0.05) is 38.3 Å². The minimum Gasteiger partial charge on any atom is -0.472 e. The van der Waals surface area contributed by atoms with Crippen LogP contribution in [0.3, 0.4) is 0 Å². The predicted molar refractivity (Wildman–Crippen MR) is 87.5 cm³/mol. The number of nitrogens with zero attached hydrogens (tertiary/aromatic N) is 4. The van der Waals surface area contributed by atoms with Crippen molar-refractivity contribution >= 4 is 11.8 Å². The number of likely N-dealkylation sites (tertiary alicyclic amines) is 2. The van der Waals surface area contributed by atoms with Crippen molar-refractivity contribution in [2.24, 2.45) is 5.92 Å². The largest absolute Gasteiger partial charge is 0.472 e. The molecule has 0 saturated carbocycles. The van der Waals surface area contributed by atoms with Crippen LogP contribution in [0.2, 0.25) is 0 Å². The molecule has 0 radical (unpaired) electrons. The molecular formula is C17H24N4O3. The van der Waals surface area contributed by atoms with Gasteiger partial charge in [-0.25, -0.2) is 4.98 Å². The highest BCUT2D eigenvalue weighted by Crippen LogP contribution is 2.23. The number of aromatic nitrogens is 2. The van der Waals surface area contributed by atoms with E-state index in [0.29, 0.717) is 31.2 Å². The molecule has 2 aliphatic rings. The summed E-state index contributed by atoms with van der Waals surface area (Å²) >= 11 is 0. The minimum atomic E-state index is -0.218. The van der Waals surface area contributed by atoms with E-state index >= 15 is 0 Å². The van der Waals surface area contributed by atoms with Crippen LogP contribution in [0.4, 0.5) is 0 Å². The molecule has 7 heteroatoms. The summed E-state index contributed by atoms with van der Waals surface area (Å²) in [5.74, 6) is 1.14. The third kappa shape index (κ3) is 3.66. The highest BCUT2D eigenvalue weighted by Gasteiger charge is 2.36. The number of rotatable bonds is 3. The zero-order valence-corrected chi connectivity index (χ0v) is 14.5. The van der Waals surface area contributed by atoms with Gasteiger partial charge in [0.05, 0.1) is 12.5 Å². The van der Waals surface area contributed by atoms with Crippen molar-refractivity contribution in [3.8, 4) is 5.88 Å². The van der Waals surface area contributed by atoms with Gasteiger partial charge in [-0.3, -0.25) is 9.59 Å². The van der Waals surface area contributed by atoms with E-state index < -0.39 is 0 Å². The van der Waals surface area contributed by atoms with Gasteiger partial charge >= 0.3 is 0 Å². The Balaban J connectivity index is 1.62. The Morgan fingerprint density at radius 2 is 2.08 bits per heavy atom. The van der Waals surface area contributed by atoms with Crippen molar-refractivity contribution in [2.45, 2.75) is 39.2 Å². The molecule has 3 heterocycles. The number of carbonyl (C=O) groups excluding carboxylic acids is 2. The SMILES string of the molecule is Cc1cc(OC2CCCN(C(=O)C3CC(=O)N(C)C3)C2)nc(C)n1. The molecule has 1 aromatic rings. The first-order chi connectivity index (χ1) is 11.4. The minimum absolute atomic E-state index is 0.0464. The van der Waals surface area contributed by atoms with E-state index in [1.165, 1.54) is 0 Å². The number of hydrogen-bond donors (Lipinski definition) is 0. The highest BCUT2D eigenvalue weighted by atomic mass is 16.5. The molecule has 130 valence electrons. The van der Waals surface area contributed by atoms with Gasteiger partial charge in [0.1, 0.15) is 11.9 Å². The smallest absolute Gasteiger partial charge is 0.228 e. The van der Waals surface area contributed by atoms with Crippen molar-refractivity contribution < 1.29 is 14.3 Å². The second-order valence-electron chi connectivity index (χ2n) is 6.74. The molecule has 0 N–H and O–H groups in total. The standard InChI is InChI=1S/C17H24N4O3/c1-11-7-15(19-12(2)18-11)24-14-5-4-6-21(10-14)17(23)13-8-16(22)20(3)9-13/h7,13-14H,4-6,8-10H2,1-3H3. The first-order valence-corrected chi connectivity index (χ1v) is 8.44. The Morgan fingerprint density at radius 1 is 1.29 bits per heavy atom. The number of carbonyl (C=O) groups is 2. The Hall–Kier alpha value is -2.18. The second-order valence-corrected chi connectivity index (χ2v) is 6.74. The lowest BCUT2D eigenvalue weighted by atomic mass is 10.0. The summed E-state index contributed by atoms with van der Waals surface area (Å²) in [5.41, 5.74) is 0.869. The third-order valence-electron chi connectivity index (χ3n) is 4.61. The first-order valence-electron chi connectivity index (χ1n) is 8.44. The second kappa shape index (κ2) is 6.75. The lowest BCUT2D eigenvalue weighted by Gasteiger charge is -2.34. The Morgan fingerprint density at radius 3 is 2.75 bits per heavy atom. The van der Waals surface area contributed by atoms with Crippen LogP contribution in [-0.4, -0.2) is 64.4 Å². The summed E-state index contributed by atoms with van der Waals surface area (Å²) in [5, 5.41) is 0. The fourth-order valence-electron chi connectivity index (χ4n) is 3.44. The summed E-state index contributed by atoms with van der Waals surface area (Å²) in [6.45, 7) is 5.55. The molecule has 2 atom stereocenters. The fraction of sp³-hybridized carbons (Fsp3) is 0.647. The molecule has 2 amide bonds. The lowest BCUT2D eigenvalue weighted by molar-refractivity contribution is -0.138. The molecule has 0 aliphatic carbocycles. The van der Waals surface area contributed by atoms with Gasteiger partial charge in [0.2, 0.25) is 17.7 Å². The molecule has 2 fully saturated rings. The van der Waals surface area contributed by atoms with Gasteiger partial charge in [-0.2, -0.15) is 4.98 Å². The molecule has 1 aromatic heterocycles. The van der Waals surface area contributed by atoms with Gasteiger partial charge in [-0.05, 0) is 26.7 Å². The lowest BCUT2D eigenvalue weighted by Crippen LogP contribution is -2.47. The van der Waals surface area contributed by atoms with E-state index in [1.807, 2.05) is 24.8 Å². The monoisotopic (exact) mass is 332 g/mol. The van der Waals surface area contributed by atoms with Crippen molar-refractivity contribution in [1.29, 1.82) is 0 Å². The van der Waals surface area contributed by atoms with E-state index in [9.17, 15) is 9.59 Å². The molecule has 2 aliphatic heterocycles. The molecule has 3 rings (SSSR count). The van der Waals surface area contributed by atoms with Crippen LogP contribution in [0.15, 0.2) is 6.07 Å². The van der Waals surface area contributed by atoms with Gasteiger partial charge in [-0.15, -0.1) is 0 Å². The van der Waals surface area contributed by atoms with Crippen LogP contribution < -0.4 is 4.74 Å². The zero-order chi connectivity index (χ0) is 17.3. The van der Waals surface area contributed by atoms with Crippen LogP contribution in [0.5, 0.6) is 5.88 Å². The summed E-state index contributed by atoms with van der Waals surface area (Å²) in [4.78, 5) is 36.3. The van der Waals surface area contributed by atoms with Crippen molar-refractivity contribution in [2.75, 3.05) is 26.7 Å². The Kier molecular flexibility index (Phi) is 4.69. The average Bonchev–Trinajstić information content (AvgIpc) is 2.85. The third-order valence-corrected chi connectivity index (χ3v) is 4.61. The molecule has 0 bridgehead atoms. The van der Waals surface area contributed by atoms with E-state index in [-0.39, 0.29) is 23.8 Å². The number of ether oxygens (including phenoxy) is 1. The summed E-state index contributed by atoms with van der Waals surface area (Å²) in [6, 6.07) is 1.82. The van der Waals surface area contributed by atoms with Gasteiger partial charge in [0.25, 0.3) is 0 Å². The molecule has 2 saturated heterocycles. The van der Waals surface area contributed by atoms with Crippen LogP contribution in [-0.2, 0) is 9.59 Å². The van der Waals surface area contributed by atoms with E-state index in [2.05, 4.69) is 9.97 Å². The first kappa shape index (κ1) is 16.7. The number of aryl methyl sites for hydroxylation is 2. The summed E-state index contributed by atoms with van der Waals surface area (Å²) < 4.78 is 5.98. The molecule has 24 heavy (non-hydrogen) atoms. The molecule has 0 aromatic carbocycles. The van der Waals surface area contributed by atoms with E-state index in [1.54, 1.807) is 11.9 Å². The maximum Gasteiger partial charge on any atom is 0.228 e. The fourth-order valence-corrected chi connectivity index (χ4v) is 3.44. The normalized spacial score (nSPS) is 24.4. The van der Waals surface area contributed by atoms with Crippen LogP contribution >= 0.6 is 0 Å². The quantitative estimate of drug-likeness (QED) is 0.823. The molecule has 0 spiro atoms. The summed E-state index contributed by atoms with van der Waals surface area (Å²) in [7, 11) is 1.75. The molecule has 2 unspecified atom stereocenters. The van der Waals surface area contributed by atoms with Crippen molar-refractivity contribution in [3.63, 3.8) is 0 Å². The van der Waals surface area contributed by atoms with Crippen molar-refractivity contribution in [1.82, 2.24) is 19.8 Å². The molecule has 7 nitrogen and oxygen atoms in total. The number of amides is 2. The highest BCUT2D eigenvalue weighted by molar-refractivity contribution is 5.89. The van der Waals surface area contributed by atoms with Gasteiger partial charge < -0.3 is 14.5 Å². The average molecular weight is 332 g/mol. The summed E-state index contributed by atoms with van der Waals surface area (Å²) in [6.07, 6.45) is 2.05. The number of piperidine rings is 1. The van der Waals surface area contributed by atoms with Crippen molar-refractivity contribution in [3.05, 3.63) is 17.6 Å². The van der Waals surface area contributed by atoms with Crippen LogP contribution in [0.1, 0.15) is 30.8 Å². The van der Waals surface area contributed by atoms with Crippen LogP contribution in [0.25, 0.3) is 0 Å². The maximum absolute atomic E-state index is 12.7. The zero-order valence-electron chi connectivity index (χ0n) is 14.5. The van der Waals surface area contributed by atoms with E-state index in [4.69, 9.17) is 4.74 Å². The van der Waals surface area contributed by atoms with Gasteiger partial charge in [0.15, 0.2) is 0 Å². The maximum atomic E-state index is 12.7. The Labute approximate surface area is 142 Å². The number of hydrogen-bond acceptors (Lipinski definition) is 5. The van der Waals surface area contributed by atoms with Gasteiger partial charge in [-0.1, -0.05) is 0 Å². The Bertz CT molecular complexity index is 628. The molecular weight excluding hydrogens is 308 g/mol. The van der Waals surface area contributed by atoms with E-state index in [0.717, 1.165) is 25.1 Å².